The summed E-state index contributed by atoms with van der Waals surface area (Å²) in [6.45, 7) is 1.60. The molecule has 2 nitrogen and oxygen atoms in total. The van der Waals surface area contributed by atoms with Crippen molar-refractivity contribution < 1.29 is 9.90 Å². The van der Waals surface area contributed by atoms with Gasteiger partial charge in [0.05, 0.1) is 5.16 Å². The molecule has 1 atom stereocenters. The Labute approximate surface area is 151 Å². The van der Waals surface area contributed by atoms with Crippen molar-refractivity contribution in [3.8, 4) is 0 Å². The summed E-state index contributed by atoms with van der Waals surface area (Å²) in [7, 11) is 3.06. The molecule has 0 aliphatic heterocycles. The molecule has 0 aromatic heterocycles. The normalized spacial score (nSPS) is 10.5. The summed E-state index contributed by atoms with van der Waals surface area (Å²) in [5, 5.41) is 7.52. The van der Waals surface area contributed by atoms with Crippen molar-refractivity contribution in [1.29, 1.82) is 0 Å². The molecule has 0 fully saturated rings. The second-order valence-corrected chi connectivity index (χ2v) is 6.52. The summed E-state index contributed by atoms with van der Waals surface area (Å²) in [4.78, 5) is 9.37. The van der Waals surface area contributed by atoms with E-state index in [1.165, 1.54) is 16.7 Å². The molecule has 0 heterocycles. The van der Waals surface area contributed by atoms with E-state index in [4.69, 9.17) is 5.11 Å². The highest BCUT2D eigenvalue weighted by molar-refractivity contribution is 7.19. The summed E-state index contributed by atoms with van der Waals surface area (Å²) in [6.07, 6.45) is 0.222. The van der Waals surface area contributed by atoms with E-state index in [0.29, 0.717) is 0 Å². The fourth-order valence-electron chi connectivity index (χ4n) is 2.60. The van der Waals surface area contributed by atoms with Gasteiger partial charge in [-0.05, 0) is 16.7 Å². The van der Waals surface area contributed by atoms with Gasteiger partial charge in [0.15, 0.2) is 0 Å². The zero-order valence-corrected chi connectivity index (χ0v) is 15.5. The molecule has 0 amide bonds. The summed E-state index contributed by atoms with van der Waals surface area (Å²) < 4.78 is 0. The van der Waals surface area contributed by atoms with Crippen LogP contribution in [0, 0.1) is 0 Å². The zero-order chi connectivity index (χ0) is 18.1. The van der Waals surface area contributed by atoms with Crippen molar-refractivity contribution >= 4 is 15.2 Å². The minimum absolute atomic E-state index is 0.205. The van der Waals surface area contributed by atoms with Gasteiger partial charge >= 0.3 is 5.97 Å². The molecule has 3 aromatic rings. The third-order valence-corrected chi connectivity index (χ3v) is 4.99. The van der Waals surface area contributed by atoms with Crippen LogP contribution in [0.3, 0.4) is 0 Å². The first kappa shape index (κ1) is 18.9. The lowest BCUT2D eigenvalue weighted by atomic mass is 9.84. The number of benzene rings is 3. The van der Waals surface area contributed by atoms with E-state index >= 15 is 0 Å². The zero-order valence-electron chi connectivity index (χ0n) is 14.3. The Kier molecular flexibility index (Phi) is 6.91. The fourth-order valence-corrected chi connectivity index (χ4v) is 3.18. The predicted octanol–water partition coefficient (Wildman–Crippen LogP) is 5.33. The second kappa shape index (κ2) is 9.15. The topological polar surface area (TPSA) is 37.3 Å². The van der Waals surface area contributed by atoms with E-state index in [1.807, 2.05) is 0 Å². The van der Waals surface area contributed by atoms with Gasteiger partial charge in [-0.15, -0.1) is 9.24 Å². The summed E-state index contributed by atoms with van der Waals surface area (Å²) in [5.41, 5.74) is 3.84. The minimum atomic E-state index is -0.745. The van der Waals surface area contributed by atoms with Gasteiger partial charge < -0.3 is 5.11 Å². The van der Waals surface area contributed by atoms with Gasteiger partial charge in [0.1, 0.15) is 0 Å². The summed E-state index contributed by atoms with van der Waals surface area (Å²) in [6, 6.07) is 31.9. The lowest BCUT2D eigenvalue weighted by Crippen LogP contribution is -2.21. The van der Waals surface area contributed by atoms with Crippen LogP contribution in [0.1, 0.15) is 30.0 Å². The molecule has 0 saturated heterocycles. The van der Waals surface area contributed by atoms with Crippen LogP contribution in [-0.2, 0) is 9.95 Å². The number of carboxylic acid groups (broad SMARTS) is 1. The Bertz CT molecular complexity index is 674. The lowest BCUT2D eigenvalue weighted by Gasteiger charge is -2.31. The van der Waals surface area contributed by atoms with Crippen LogP contribution in [0.4, 0.5) is 0 Å². The maximum atomic E-state index is 9.37. The van der Waals surface area contributed by atoms with Crippen molar-refractivity contribution in [2.45, 2.75) is 18.5 Å². The van der Waals surface area contributed by atoms with Crippen molar-refractivity contribution in [2.24, 2.45) is 0 Å². The first-order chi connectivity index (χ1) is 12.1. The fraction of sp³-hybridized carbons (Fsp3) is 0.136. The first-order valence-corrected chi connectivity index (χ1v) is 8.84. The number of carboxylic acids is 1. The molecular weight excluding hydrogens is 327 g/mol. The molecule has 0 saturated carbocycles. The Morgan fingerprint density at radius 1 is 0.760 bits per heavy atom. The van der Waals surface area contributed by atoms with Crippen molar-refractivity contribution in [1.82, 2.24) is 0 Å². The average molecular weight is 350 g/mol. The standard InChI is InChI=1S/C19H17P.C3H6O2/c20-19(16-10-4-1-5-11-16,17-12-6-2-7-13-17)18-14-8-3-9-15-18;1-2-3(4)5/h1-15H,20H2;2H2,1H3,(H,4,5). The van der Waals surface area contributed by atoms with Gasteiger partial charge in [0.25, 0.3) is 0 Å². The van der Waals surface area contributed by atoms with Crippen LogP contribution in [0.5, 0.6) is 0 Å². The van der Waals surface area contributed by atoms with E-state index in [0.717, 1.165) is 0 Å². The Hall–Kier alpha value is -2.44. The molecule has 25 heavy (non-hydrogen) atoms. The van der Waals surface area contributed by atoms with Gasteiger partial charge in [-0.1, -0.05) is 97.9 Å². The van der Waals surface area contributed by atoms with Gasteiger partial charge in [0.2, 0.25) is 0 Å². The van der Waals surface area contributed by atoms with Crippen molar-refractivity contribution in [3.05, 3.63) is 108 Å². The van der Waals surface area contributed by atoms with Gasteiger partial charge in [-0.25, -0.2) is 0 Å². The van der Waals surface area contributed by atoms with E-state index < -0.39 is 5.97 Å². The number of hydrogen-bond donors (Lipinski definition) is 1. The molecule has 3 rings (SSSR count). The SMILES string of the molecule is CCC(=O)O.PC(c1ccccc1)(c1ccccc1)c1ccccc1. The number of hydrogen-bond acceptors (Lipinski definition) is 1. The quantitative estimate of drug-likeness (QED) is 0.510. The number of aliphatic carboxylic acids is 1. The molecular formula is C22H23O2P. The van der Waals surface area contributed by atoms with Crippen LogP contribution in [0.15, 0.2) is 91.0 Å². The molecule has 0 aliphatic rings. The van der Waals surface area contributed by atoms with E-state index in [2.05, 4.69) is 100 Å². The summed E-state index contributed by atoms with van der Waals surface area (Å²) >= 11 is 0. The Balaban J connectivity index is 0.000000399. The minimum Gasteiger partial charge on any atom is -0.481 e. The van der Waals surface area contributed by atoms with Crippen LogP contribution < -0.4 is 0 Å². The summed E-state index contributed by atoms with van der Waals surface area (Å²) in [5.74, 6) is -0.745. The smallest absolute Gasteiger partial charge is 0.303 e. The van der Waals surface area contributed by atoms with Crippen LogP contribution in [-0.4, -0.2) is 11.1 Å². The lowest BCUT2D eigenvalue weighted by molar-refractivity contribution is -0.136. The molecule has 3 heteroatoms. The third kappa shape index (κ3) is 4.78. The van der Waals surface area contributed by atoms with E-state index in [1.54, 1.807) is 6.92 Å². The second-order valence-electron chi connectivity index (χ2n) is 5.65. The van der Waals surface area contributed by atoms with Crippen molar-refractivity contribution in [2.75, 3.05) is 0 Å². The van der Waals surface area contributed by atoms with Crippen LogP contribution >= 0.6 is 9.24 Å². The molecule has 0 radical (unpaired) electrons. The van der Waals surface area contributed by atoms with Gasteiger partial charge in [-0.3, -0.25) is 4.79 Å². The van der Waals surface area contributed by atoms with Gasteiger partial charge in [0, 0.05) is 6.42 Å². The molecule has 128 valence electrons. The molecule has 0 aliphatic carbocycles. The largest absolute Gasteiger partial charge is 0.481 e. The average Bonchev–Trinajstić information content (AvgIpc) is 2.70. The Morgan fingerprint density at radius 3 is 1.20 bits per heavy atom. The maximum absolute atomic E-state index is 9.37. The molecule has 0 spiro atoms. The number of rotatable bonds is 4. The highest BCUT2D eigenvalue weighted by Crippen LogP contribution is 2.44. The Morgan fingerprint density at radius 2 is 1.00 bits per heavy atom. The number of carbonyl (C=O) groups is 1. The van der Waals surface area contributed by atoms with Crippen molar-refractivity contribution in [3.63, 3.8) is 0 Å². The molecule has 0 bridgehead atoms. The van der Waals surface area contributed by atoms with E-state index in [-0.39, 0.29) is 11.6 Å². The van der Waals surface area contributed by atoms with Crippen LogP contribution in [0.2, 0.25) is 0 Å². The van der Waals surface area contributed by atoms with E-state index in [9.17, 15) is 4.79 Å². The highest BCUT2D eigenvalue weighted by atomic mass is 31.0. The third-order valence-electron chi connectivity index (χ3n) is 3.99. The molecule has 3 aromatic carbocycles. The highest BCUT2D eigenvalue weighted by Gasteiger charge is 2.30. The van der Waals surface area contributed by atoms with Gasteiger partial charge in [-0.2, -0.15) is 0 Å². The molecule has 1 N–H and O–H groups in total. The predicted molar refractivity (Wildman–Crippen MR) is 107 cm³/mol. The molecule has 1 unspecified atom stereocenters. The van der Waals surface area contributed by atoms with Crippen LogP contribution in [0.25, 0.3) is 0 Å². The first-order valence-electron chi connectivity index (χ1n) is 8.26. The monoisotopic (exact) mass is 350 g/mol. The maximum Gasteiger partial charge on any atom is 0.303 e.